The van der Waals surface area contributed by atoms with E-state index in [0.717, 1.165) is 68.2 Å². The number of piperazine rings is 1. The maximum atomic E-state index is 13.1. The van der Waals surface area contributed by atoms with Crippen LogP contribution < -0.4 is 15.1 Å². The normalized spacial score (nSPS) is 16.9. The van der Waals surface area contributed by atoms with Crippen LogP contribution in [-0.2, 0) is 17.6 Å². The van der Waals surface area contributed by atoms with E-state index in [1.165, 1.54) is 28.3 Å². The number of hydrogen-bond donors (Lipinski definition) is 2. The van der Waals surface area contributed by atoms with E-state index in [9.17, 15) is 14.4 Å². The first-order valence-corrected chi connectivity index (χ1v) is 11.1. The minimum Gasteiger partial charge on any atom is -0.360 e. The molecule has 1 aromatic carbocycles. The van der Waals surface area contributed by atoms with Crippen molar-refractivity contribution >= 4 is 27.9 Å². The van der Waals surface area contributed by atoms with Crippen LogP contribution in [0.5, 0.6) is 0 Å². The number of aryl methyl sites for hydroxylation is 1. The molecule has 7 heteroatoms. The van der Waals surface area contributed by atoms with Crippen LogP contribution in [0.15, 0.2) is 24.3 Å². The molecule has 2 N–H and O–H groups in total. The number of hydrogen-bond acceptors (Lipinski definition) is 4. The Bertz CT molecular complexity index is 910. The molecule has 29 heavy (non-hydrogen) atoms. The van der Waals surface area contributed by atoms with Crippen molar-refractivity contribution in [1.29, 1.82) is 5.26 Å². The minimum absolute atomic E-state index is 0.00596. The van der Waals surface area contributed by atoms with Gasteiger partial charge in [0.15, 0.2) is 0 Å². The van der Waals surface area contributed by atoms with Crippen molar-refractivity contribution in [2.45, 2.75) is 32.1 Å². The zero-order valence-corrected chi connectivity index (χ0v) is 17.3. The fraction of sp³-hybridized carbons (Fsp3) is 0.455. The highest BCUT2D eigenvalue weighted by Gasteiger charge is 2.23. The number of thiophene rings is 1. The maximum absolute atomic E-state index is 13.1. The van der Waals surface area contributed by atoms with Crippen LogP contribution in [0, 0.1) is 17.1 Å². The highest BCUT2D eigenvalue weighted by Crippen LogP contribution is 2.37. The summed E-state index contributed by atoms with van der Waals surface area (Å²) >= 11 is 1.58. The molecule has 5 nitrogen and oxygen atoms in total. The standard InChI is InChI=1S/C22H25FN4OS/c23-16-5-7-17(8-6-16)27-13-11-26(12-14-27)10-9-21(28)25-22-19(15-24)18-3-1-2-4-20(18)29-22/h5-8H,1-4,9-14H2,(H,25,28)/p+1. The molecule has 1 aliphatic carbocycles. The van der Waals surface area contributed by atoms with E-state index in [-0.39, 0.29) is 11.7 Å². The Labute approximate surface area is 174 Å². The van der Waals surface area contributed by atoms with Gasteiger partial charge in [-0.2, -0.15) is 5.26 Å². The third kappa shape index (κ3) is 4.60. The molecule has 0 spiro atoms. The number of quaternary nitrogens is 1. The largest absolute Gasteiger partial charge is 0.360 e. The number of carbonyl (C=O) groups is 1. The number of nitrogens with zero attached hydrogens (tertiary/aromatic N) is 2. The van der Waals surface area contributed by atoms with Crippen LogP contribution in [0.2, 0.25) is 0 Å². The molecule has 0 bridgehead atoms. The first kappa shape index (κ1) is 19.9. The molecule has 0 radical (unpaired) electrons. The van der Waals surface area contributed by atoms with E-state index in [2.05, 4.69) is 16.3 Å². The molecular formula is C22H26FN4OS+. The second kappa shape index (κ2) is 8.93. The molecule has 1 fully saturated rings. The second-order valence-corrected chi connectivity index (χ2v) is 8.89. The molecule has 1 aliphatic heterocycles. The van der Waals surface area contributed by atoms with Gasteiger partial charge in [-0.05, 0) is 55.5 Å². The van der Waals surface area contributed by atoms with Gasteiger partial charge in [0.05, 0.1) is 44.7 Å². The summed E-state index contributed by atoms with van der Waals surface area (Å²) in [4.78, 5) is 17.4. The van der Waals surface area contributed by atoms with E-state index in [0.29, 0.717) is 12.0 Å². The van der Waals surface area contributed by atoms with Crippen LogP contribution in [0.3, 0.4) is 0 Å². The Morgan fingerprint density at radius 3 is 2.66 bits per heavy atom. The summed E-state index contributed by atoms with van der Waals surface area (Å²) in [5.74, 6) is -0.219. The summed E-state index contributed by atoms with van der Waals surface area (Å²) in [5, 5.41) is 13.3. The first-order valence-electron chi connectivity index (χ1n) is 10.3. The molecule has 2 heterocycles. The molecular weight excluding hydrogens is 387 g/mol. The van der Waals surface area contributed by atoms with E-state index in [1.54, 1.807) is 11.3 Å². The van der Waals surface area contributed by atoms with E-state index in [1.807, 2.05) is 12.1 Å². The SMILES string of the molecule is N#Cc1c(NC(=O)CC[NH+]2CCN(c3ccc(F)cc3)CC2)sc2c1CCCC2. The molecule has 4 rings (SSSR count). The summed E-state index contributed by atoms with van der Waals surface area (Å²) in [6, 6.07) is 8.93. The maximum Gasteiger partial charge on any atom is 0.230 e. The Morgan fingerprint density at radius 2 is 1.93 bits per heavy atom. The highest BCUT2D eigenvalue weighted by molar-refractivity contribution is 7.16. The average Bonchev–Trinajstić information content (AvgIpc) is 3.10. The lowest BCUT2D eigenvalue weighted by molar-refractivity contribution is -0.900. The predicted octanol–water partition coefficient (Wildman–Crippen LogP) is 2.37. The zero-order valence-electron chi connectivity index (χ0n) is 16.5. The van der Waals surface area contributed by atoms with Gasteiger partial charge in [0, 0.05) is 10.6 Å². The summed E-state index contributed by atoms with van der Waals surface area (Å²) in [6.07, 6.45) is 4.72. The van der Waals surface area contributed by atoms with Crippen molar-refractivity contribution in [3.05, 3.63) is 46.1 Å². The number of benzene rings is 1. The monoisotopic (exact) mass is 413 g/mol. The van der Waals surface area contributed by atoms with Gasteiger partial charge in [0.25, 0.3) is 0 Å². The summed E-state index contributed by atoms with van der Waals surface area (Å²) in [6.45, 7) is 4.51. The first-order chi connectivity index (χ1) is 14.1. The third-order valence-corrected chi connectivity index (χ3v) is 7.11. The number of fused-ring (bicyclic) bond motifs is 1. The lowest BCUT2D eigenvalue weighted by Gasteiger charge is -2.33. The fourth-order valence-corrected chi connectivity index (χ4v) is 5.49. The molecule has 0 unspecified atom stereocenters. The number of amides is 1. The summed E-state index contributed by atoms with van der Waals surface area (Å²) < 4.78 is 13.1. The number of nitrogens with one attached hydrogen (secondary N) is 2. The lowest BCUT2D eigenvalue weighted by atomic mass is 9.96. The van der Waals surface area contributed by atoms with Gasteiger partial charge in [-0.25, -0.2) is 4.39 Å². The van der Waals surface area contributed by atoms with Gasteiger partial charge in [-0.15, -0.1) is 11.3 Å². The zero-order chi connectivity index (χ0) is 20.2. The number of nitriles is 1. The smallest absolute Gasteiger partial charge is 0.230 e. The van der Waals surface area contributed by atoms with Crippen LogP contribution in [0.1, 0.15) is 35.3 Å². The van der Waals surface area contributed by atoms with Crippen LogP contribution in [0.4, 0.5) is 15.1 Å². The molecule has 0 saturated carbocycles. The van der Waals surface area contributed by atoms with E-state index >= 15 is 0 Å². The summed E-state index contributed by atoms with van der Waals surface area (Å²) in [5.41, 5.74) is 2.88. The Kier molecular flexibility index (Phi) is 6.12. The van der Waals surface area contributed by atoms with Gasteiger partial charge >= 0.3 is 0 Å². The van der Waals surface area contributed by atoms with Gasteiger partial charge in [-0.1, -0.05) is 0 Å². The van der Waals surface area contributed by atoms with Crippen molar-refractivity contribution in [2.75, 3.05) is 42.9 Å². The van der Waals surface area contributed by atoms with Crippen molar-refractivity contribution in [2.24, 2.45) is 0 Å². The van der Waals surface area contributed by atoms with Crippen molar-refractivity contribution in [3.8, 4) is 6.07 Å². The number of halogens is 1. The van der Waals surface area contributed by atoms with Gasteiger partial charge in [-0.3, -0.25) is 4.79 Å². The van der Waals surface area contributed by atoms with Crippen molar-refractivity contribution in [1.82, 2.24) is 0 Å². The Hall–Kier alpha value is -2.43. The molecule has 1 amide bonds. The minimum atomic E-state index is -0.213. The molecule has 2 aliphatic rings. The van der Waals surface area contributed by atoms with Crippen molar-refractivity contribution < 1.29 is 14.1 Å². The Balaban J connectivity index is 1.26. The topological polar surface area (TPSA) is 60.6 Å². The van der Waals surface area contributed by atoms with Gasteiger partial charge < -0.3 is 15.1 Å². The fourth-order valence-electron chi connectivity index (χ4n) is 4.23. The van der Waals surface area contributed by atoms with Crippen LogP contribution >= 0.6 is 11.3 Å². The summed E-state index contributed by atoms with van der Waals surface area (Å²) in [7, 11) is 0. The van der Waals surface area contributed by atoms with E-state index < -0.39 is 0 Å². The number of anilines is 2. The van der Waals surface area contributed by atoms with Gasteiger partial charge in [0.2, 0.25) is 5.91 Å². The lowest BCUT2D eigenvalue weighted by Crippen LogP contribution is -3.15. The van der Waals surface area contributed by atoms with Gasteiger partial charge in [0.1, 0.15) is 16.9 Å². The number of carbonyl (C=O) groups excluding carboxylic acids is 1. The highest BCUT2D eigenvalue weighted by atomic mass is 32.1. The second-order valence-electron chi connectivity index (χ2n) is 7.79. The molecule has 152 valence electrons. The molecule has 0 atom stereocenters. The Morgan fingerprint density at radius 1 is 1.21 bits per heavy atom. The average molecular weight is 414 g/mol. The van der Waals surface area contributed by atoms with Crippen molar-refractivity contribution in [3.63, 3.8) is 0 Å². The van der Waals surface area contributed by atoms with Crippen LogP contribution in [0.25, 0.3) is 0 Å². The molecule has 2 aromatic rings. The van der Waals surface area contributed by atoms with Crippen LogP contribution in [-0.4, -0.2) is 38.6 Å². The van der Waals surface area contributed by atoms with E-state index in [4.69, 9.17) is 0 Å². The molecule has 1 aromatic heterocycles. The number of rotatable bonds is 5. The third-order valence-electron chi connectivity index (χ3n) is 5.90. The molecule has 1 saturated heterocycles. The predicted molar refractivity (Wildman–Crippen MR) is 113 cm³/mol. The quantitative estimate of drug-likeness (QED) is 0.791.